The molecule has 0 heterocycles. The van der Waals surface area contributed by atoms with Gasteiger partial charge in [0.25, 0.3) is 5.91 Å². The molecular formula is C19H21N3O3S. The van der Waals surface area contributed by atoms with Gasteiger partial charge in [0.15, 0.2) is 0 Å². The fraction of sp³-hybridized carbons (Fsp3) is 0.263. The predicted octanol–water partition coefficient (Wildman–Crippen LogP) is 3.28. The molecule has 0 atom stereocenters. The predicted molar refractivity (Wildman–Crippen MR) is 100 cm³/mol. The highest BCUT2D eigenvalue weighted by Crippen LogP contribution is 2.14. The summed E-state index contributed by atoms with van der Waals surface area (Å²) in [5.74, 6) is -0.352. The average Bonchev–Trinajstić information content (AvgIpc) is 2.66. The Balaban J connectivity index is 2.01. The molecule has 0 aliphatic heterocycles. The summed E-state index contributed by atoms with van der Waals surface area (Å²) in [6, 6.07) is 14.3. The van der Waals surface area contributed by atoms with Crippen LogP contribution in [0.5, 0.6) is 0 Å². The minimum absolute atomic E-state index is 0.129. The summed E-state index contributed by atoms with van der Waals surface area (Å²) >= 11 is 0. The summed E-state index contributed by atoms with van der Waals surface area (Å²) in [5.41, 5.74) is 1.41. The number of sulfonamides is 1. The lowest BCUT2D eigenvalue weighted by Gasteiger charge is -2.08. The van der Waals surface area contributed by atoms with E-state index in [1.54, 1.807) is 24.3 Å². The number of hydrogen-bond acceptors (Lipinski definition) is 4. The normalized spacial score (nSPS) is 10.9. The van der Waals surface area contributed by atoms with Crippen LogP contribution in [0.1, 0.15) is 42.1 Å². The molecule has 2 rings (SSSR count). The second kappa shape index (κ2) is 9.13. The number of carbonyl (C=O) groups is 1. The first-order valence-electron chi connectivity index (χ1n) is 8.37. The van der Waals surface area contributed by atoms with Gasteiger partial charge in [0.05, 0.1) is 16.5 Å². The van der Waals surface area contributed by atoms with E-state index in [4.69, 9.17) is 5.26 Å². The molecule has 1 amide bonds. The third-order valence-electron chi connectivity index (χ3n) is 3.77. The summed E-state index contributed by atoms with van der Waals surface area (Å²) in [5, 5.41) is 11.5. The van der Waals surface area contributed by atoms with E-state index in [0.29, 0.717) is 23.4 Å². The van der Waals surface area contributed by atoms with Crippen LogP contribution >= 0.6 is 0 Å². The molecule has 6 nitrogen and oxygen atoms in total. The van der Waals surface area contributed by atoms with Gasteiger partial charge in [-0.3, -0.25) is 4.79 Å². The largest absolute Gasteiger partial charge is 0.322 e. The monoisotopic (exact) mass is 371 g/mol. The molecule has 2 aromatic rings. The Bertz CT molecular complexity index is 883. The Morgan fingerprint density at radius 3 is 2.27 bits per heavy atom. The molecule has 136 valence electrons. The molecule has 0 aromatic heterocycles. The molecule has 0 fully saturated rings. The SMILES string of the molecule is CCCCCNS(=O)(=O)c1ccc(C(=O)Nc2ccc(C#N)cc2)cc1. The van der Waals surface area contributed by atoms with Crippen molar-refractivity contribution < 1.29 is 13.2 Å². The number of unbranched alkanes of at least 4 members (excludes halogenated alkanes) is 2. The molecular weight excluding hydrogens is 350 g/mol. The molecule has 26 heavy (non-hydrogen) atoms. The van der Waals surface area contributed by atoms with E-state index < -0.39 is 10.0 Å². The summed E-state index contributed by atoms with van der Waals surface area (Å²) in [6.45, 7) is 2.45. The van der Waals surface area contributed by atoms with Gasteiger partial charge in [0, 0.05) is 17.8 Å². The maximum atomic E-state index is 12.2. The lowest BCUT2D eigenvalue weighted by Crippen LogP contribution is -2.24. The minimum Gasteiger partial charge on any atom is -0.322 e. The molecule has 0 aliphatic carbocycles. The van der Waals surface area contributed by atoms with Crippen LogP contribution in [0, 0.1) is 11.3 Å². The van der Waals surface area contributed by atoms with Gasteiger partial charge in [0.2, 0.25) is 10.0 Å². The third-order valence-corrected chi connectivity index (χ3v) is 5.25. The summed E-state index contributed by atoms with van der Waals surface area (Å²) in [7, 11) is -3.56. The molecule has 7 heteroatoms. The van der Waals surface area contributed by atoms with Crippen molar-refractivity contribution in [3.8, 4) is 6.07 Å². The smallest absolute Gasteiger partial charge is 0.255 e. The molecule has 0 unspecified atom stereocenters. The van der Waals surface area contributed by atoms with Crippen molar-refractivity contribution in [1.82, 2.24) is 4.72 Å². The van der Waals surface area contributed by atoms with Crippen LogP contribution in [-0.2, 0) is 10.0 Å². The zero-order valence-electron chi connectivity index (χ0n) is 14.5. The van der Waals surface area contributed by atoms with Crippen molar-refractivity contribution in [1.29, 1.82) is 5.26 Å². The third kappa shape index (κ3) is 5.41. The number of nitrogens with zero attached hydrogens (tertiary/aromatic N) is 1. The Kier molecular flexibility index (Phi) is 6.89. The van der Waals surface area contributed by atoms with Crippen LogP contribution in [0.3, 0.4) is 0 Å². The number of rotatable bonds is 8. The van der Waals surface area contributed by atoms with Crippen LogP contribution in [-0.4, -0.2) is 20.9 Å². The van der Waals surface area contributed by atoms with Crippen LogP contribution in [0.2, 0.25) is 0 Å². The number of amides is 1. The highest BCUT2D eigenvalue weighted by molar-refractivity contribution is 7.89. The van der Waals surface area contributed by atoms with Gasteiger partial charge in [-0.1, -0.05) is 19.8 Å². The summed E-state index contributed by atoms with van der Waals surface area (Å²) < 4.78 is 26.9. The lowest BCUT2D eigenvalue weighted by atomic mass is 10.2. The first kappa shape index (κ1) is 19.6. The minimum atomic E-state index is -3.56. The Morgan fingerprint density at radius 1 is 1.04 bits per heavy atom. The first-order valence-corrected chi connectivity index (χ1v) is 9.86. The van der Waals surface area contributed by atoms with Crippen molar-refractivity contribution in [2.45, 2.75) is 31.1 Å². The molecule has 0 spiro atoms. The van der Waals surface area contributed by atoms with Crippen LogP contribution in [0.4, 0.5) is 5.69 Å². The number of carbonyl (C=O) groups excluding carboxylic acids is 1. The Labute approximate surface area is 153 Å². The van der Waals surface area contributed by atoms with Crippen LogP contribution in [0.15, 0.2) is 53.4 Å². The van der Waals surface area contributed by atoms with E-state index in [1.165, 1.54) is 24.3 Å². The van der Waals surface area contributed by atoms with Crippen LogP contribution < -0.4 is 10.0 Å². The number of nitrogens with one attached hydrogen (secondary N) is 2. The lowest BCUT2D eigenvalue weighted by molar-refractivity contribution is 0.102. The van der Waals surface area contributed by atoms with Gasteiger partial charge >= 0.3 is 0 Å². The molecule has 0 radical (unpaired) electrons. The quantitative estimate of drug-likeness (QED) is 0.696. The number of benzene rings is 2. The van der Waals surface area contributed by atoms with Gasteiger partial charge in [-0.15, -0.1) is 0 Å². The second-order valence-corrected chi connectivity index (χ2v) is 7.54. The maximum absolute atomic E-state index is 12.2. The Morgan fingerprint density at radius 2 is 1.69 bits per heavy atom. The first-order chi connectivity index (χ1) is 12.5. The molecule has 0 saturated heterocycles. The number of nitriles is 1. The molecule has 2 aromatic carbocycles. The van der Waals surface area contributed by atoms with Crippen molar-refractivity contribution in [2.24, 2.45) is 0 Å². The van der Waals surface area contributed by atoms with E-state index in [-0.39, 0.29) is 10.8 Å². The van der Waals surface area contributed by atoms with E-state index in [1.807, 2.05) is 6.07 Å². The zero-order chi connectivity index (χ0) is 19.0. The fourth-order valence-corrected chi connectivity index (χ4v) is 3.36. The van der Waals surface area contributed by atoms with Gasteiger partial charge in [-0.25, -0.2) is 13.1 Å². The highest BCUT2D eigenvalue weighted by atomic mass is 32.2. The van der Waals surface area contributed by atoms with Crippen molar-refractivity contribution >= 4 is 21.6 Å². The standard InChI is InChI=1S/C19H21N3O3S/c1-2-3-4-13-21-26(24,25)18-11-7-16(8-12-18)19(23)22-17-9-5-15(14-20)6-10-17/h5-12,21H,2-4,13H2,1H3,(H,22,23). The van der Waals surface area contributed by atoms with Crippen molar-refractivity contribution in [3.63, 3.8) is 0 Å². The molecule has 2 N–H and O–H groups in total. The molecule has 0 bridgehead atoms. The highest BCUT2D eigenvalue weighted by Gasteiger charge is 2.14. The van der Waals surface area contributed by atoms with Crippen molar-refractivity contribution in [3.05, 3.63) is 59.7 Å². The molecule has 0 saturated carbocycles. The topological polar surface area (TPSA) is 99.1 Å². The van der Waals surface area contributed by atoms with Gasteiger partial charge in [-0.05, 0) is 55.0 Å². The summed E-state index contributed by atoms with van der Waals surface area (Å²) in [4.78, 5) is 12.4. The zero-order valence-corrected chi connectivity index (χ0v) is 15.3. The van der Waals surface area contributed by atoms with E-state index >= 15 is 0 Å². The number of anilines is 1. The van der Waals surface area contributed by atoms with E-state index in [2.05, 4.69) is 17.0 Å². The average molecular weight is 371 g/mol. The number of hydrogen-bond donors (Lipinski definition) is 2. The van der Waals surface area contributed by atoms with E-state index in [9.17, 15) is 13.2 Å². The summed E-state index contributed by atoms with van der Waals surface area (Å²) in [6.07, 6.45) is 2.78. The van der Waals surface area contributed by atoms with Crippen LogP contribution in [0.25, 0.3) is 0 Å². The maximum Gasteiger partial charge on any atom is 0.255 e. The van der Waals surface area contributed by atoms with Crippen molar-refractivity contribution in [2.75, 3.05) is 11.9 Å². The van der Waals surface area contributed by atoms with Gasteiger partial charge < -0.3 is 5.32 Å². The Hall–Kier alpha value is -2.69. The fourth-order valence-electron chi connectivity index (χ4n) is 2.28. The molecule has 0 aliphatic rings. The van der Waals surface area contributed by atoms with E-state index in [0.717, 1.165) is 19.3 Å². The van der Waals surface area contributed by atoms with Gasteiger partial charge in [0.1, 0.15) is 0 Å². The second-order valence-electron chi connectivity index (χ2n) is 5.77. The van der Waals surface area contributed by atoms with Gasteiger partial charge in [-0.2, -0.15) is 5.26 Å².